The molecule has 1 unspecified atom stereocenters. The summed E-state index contributed by atoms with van der Waals surface area (Å²) in [6.07, 6.45) is 2.73. The van der Waals surface area contributed by atoms with Crippen molar-refractivity contribution in [1.82, 2.24) is 14.9 Å². The first-order chi connectivity index (χ1) is 13.7. The van der Waals surface area contributed by atoms with Gasteiger partial charge in [-0.3, -0.25) is 10.1 Å². The number of rotatable bonds is 5. The molecule has 1 fully saturated rings. The first-order valence-electron chi connectivity index (χ1n) is 9.85. The maximum absolute atomic E-state index is 12.6. The molecule has 8 heteroatoms. The minimum absolute atomic E-state index is 0.0976. The van der Waals surface area contributed by atoms with Crippen LogP contribution >= 0.6 is 0 Å². The largest absolute Gasteiger partial charge is 0.444 e. The van der Waals surface area contributed by atoms with Gasteiger partial charge in [-0.2, -0.15) is 0 Å². The number of carbonyl (C=O) groups excluding carboxylic acids is 2. The highest BCUT2D eigenvalue weighted by Gasteiger charge is 2.26. The van der Waals surface area contributed by atoms with Gasteiger partial charge in [-0.15, -0.1) is 0 Å². The number of benzene rings is 1. The lowest BCUT2D eigenvalue weighted by atomic mass is 9.93. The molecule has 0 aliphatic heterocycles. The van der Waals surface area contributed by atoms with Gasteiger partial charge in [-0.05, 0) is 59.1 Å². The minimum atomic E-state index is -0.593. The molecule has 8 nitrogen and oxygen atoms in total. The summed E-state index contributed by atoms with van der Waals surface area (Å²) in [6, 6.07) is 5.23. The number of nitrogens with one attached hydrogen (secondary N) is 2. The van der Waals surface area contributed by atoms with Crippen LogP contribution in [0.25, 0.3) is 15.9 Å². The van der Waals surface area contributed by atoms with Crippen LogP contribution in [0.5, 0.6) is 0 Å². The van der Waals surface area contributed by atoms with Crippen LogP contribution in [0.1, 0.15) is 59.4 Å². The van der Waals surface area contributed by atoms with E-state index in [1.54, 1.807) is 39.8 Å². The topological polar surface area (TPSA) is 89.6 Å². The van der Waals surface area contributed by atoms with Gasteiger partial charge >= 0.3 is 6.09 Å². The quantitative estimate of drug-likeness (QED) is 0.724. The number of imidazole rings is 1. The van der Waals surface area contributed by atoms with Gasteiger partial charge < -0.3 is 14.6 Å². The maximum atomic E-state index is 12.6. The molecule has 1 aromatic carbocycles. The predicted octanol–water partition coefficient (Wildman–Crippen LogP) is 4.55. The van der Waals surface area contributed by atoms with Crippen molar-refractivity contribution in [3.05, 3.63) is 29.6 Å². The number of nitrogens with zero attached hydrogens (tertiary/aromatic N) is 3. The molecule has 2 N–H and O–H groups in total. The summed E-state index contributed by atoms with van der Waals surface area (Å²) in [5.74, 6) is 0.246. The fourth-order valence-corrected chi connectivity index (χ4v) is 3.27. The number of anilines is 1. The highest BCUT2D eigenvalue weighted by molar-refractivity contribution is 5.92. The van der Waals surface area contributed by atoms with Crippen LogP contribution in [0.2, 0.25) is 0 Å². The summed E-state index contributed by atoms with van der Waals surface area (Å²) >= 11 is 0. The Morgan fingerprint density at radius 3 is 2.69 bits per heavy atom. The monoisotopic (exact) mass is 397 g/mol. The number of hydrogen-bond donors (Lipinski definition) is 2. The molecule has 29 heavy (non-hydrogen) atoms. The van der Waals surface area contributed by atoms with Crippen molar-refractivity contribution < 1.29 is 14.3 Å². The zero-order chi connectivity index (χ0) is 21.2. The zero-order valence-corrected chi connectivity index (χ0v) is 17.3. The van der Waals surface area contributed by atoms with Crippen LogP contribution in [0, 0.1) is 6.57 Å². The highest BCUT2D eigenvalue weighted by atomic mass is 16.6. The summed E-state index contributed by atoms with van der Waals surface area (Å²) in [5.41, 5.74) is 1.56. The van der Waals surface area contributed by atoms with Gasteiger partial charge in [0, 0.05) is 18.5 Å². The van der Waals surface area contributed by atoms with E-state index in [9.17, 15) is 9.59 Å². The Balaban J connectivity index is 1.71. The molecule has 0 saturated heterocycles. The SMILES string of the molecule is [C-]#[N+]c1ccc2nc(NC(=O)CC(C)NC(=O)OC(C)(C)C)n(C3CCC3)c2c1. The Labute approximate surface area is 170 Å². The Kier molecular flexibility index (Phi) is 5.78. The molecule has 2 amide bonds. The molecule has 0 radical (unpaired) electrons. The van der Waals surface area contributed by atoms with E-state index in [4.69, 9.17) is 11.3 Å². The summed E-state index contributed by atoms with van der Waals surface area (Å²) in [5, 5.41) is 5.55. The molecule has 1 aliphatic carbocycles. The lowest BCUT2D eigenvalue weighted by molar-refractivity contribution is -0.116. The average Bonchev–Trinajstić information content (AvgIpc) is 2.88. The fourth-order valence-electron chi connectivity index (χ4n) is 3.27. The molecule has 0 spiro atoms. The highest BCUT2D eigenvalue weighted by Crippen LogP contribution is 2.38. The van der Waals surface area contributed by atoms with Crippen LogP contribution in [-0.2, 0) is 9.53 Å². The molecule has 1 aliphatic rings. The standard InChI is InChI=1S/C21H27N5O3/c1-13(23-20(28)29-21(2,3)4)11-18(27)25-19-24-16-10-9-14(22-5)12-17(16)26(19)15-7-6-8-15/h9-10,12-13,15H,6-8,11H2,1-4H3,(H,23,28)(H,24,25,27). The van der Waals surface area contributed by atoms with Crippen molar-refractivity contribution in [3.8, 4) is 0 Å². The Bertz CT molecular complexity index is 963. The van der Waals surface area contributed by atoms with E-state index in [0.29, 0.717) is 11.6 Å². The summed E-state index contributed by atoms with van der Waals surface area (Å²) in [6.45, 7) is 14.4. The number of carbonyl (C=O) groups is 2. The number of ether oxygens (including phenoxy) is 1. The van der Waals surface area contributed by atoms with Crippen molar-refractivity contribution in [2.75, 3.05) is 5.32 Å². The Morgan fingerprint density at radius 2 is 2.10 bits per heavy atom. The van der Waals surface area contributed by atoms with Gasteiger partial charge in [0.2, 0.25) is 11.9 Å². The van der Waals surface area contributed by atoms with Crippen molar-refractivity contribution in [1.29, 1.82) is 0 Å². The third-order valence-corrected chi connectivity index (χ3v) is 4.75. The minimum Gasteiger partial charge on any atom is -0.444 e. The summed E-state index contributed by atoms with van der Waals surface area (Å²) < 4.78 is 7.25. The second kappa shape index (κ2) is 8.11. The normalized spacial score (nSPS) is 15.3. The number of alkyl carbamates (subject to hydrolysis) is 1. The first-order valence-corrected chi connectivity index (χ1v) is 9.85. The van der Waals surface area contributed by atoms with Gasteiger partial charge in [0.15, 0.2) is 5.69 Å². The van der Waals surface area contributed by atoms with Crippen LogP contribution in [-0.4, -0.2) is 33.2 Å². The van der Waals surface area contributed by atoms with Crippen LogP contribution in [0.15, 0.2) is 18.2 Å². The molecular weight excluding hydrogens is 370 g/mol. The Hall–Kier alpha value is -3.08. The number of hydrogen-bond acceptors (Lipinski definition) is 4. The van der Waals surface area contributed by atoms with Crippen molar-refractivity contribution in [2.24, 2.45) is 0 Å². The molecule has 2 aromatic rings. The third-order valence-electron chi connectivity index (χ3n) is 4.75. The first kappa shape index (κ1) is 20.6. The molecular formula is C21H27N5O3. The van der Waals surface area contributed by atoms with E-state index in [2.05, 4.69) is 20.5 Å². The van der Waals surface area contributed by atoms with E-state index in [1.165, 1.54) is 0 Å². The molecule has 0 bridgehead atoms. The van der Waals surface area contributed by atoms with Crippen LogP contribution in [0.4, 0.5) is 16.4 Å². The lowest BCUT2D eigenvalue weighted by Crippen LogP contribution is -2.39. The third kappa shape index (κ3) is 5.05. The number of fused-ring (bicyclic) bond motifs is 1. The maximum Gasteiger partial charge on any atom is 0.407 e. The number of aromatic nitrogens is 2. The van der Waals surface area contributed by atoms with Crippen molar-refractivity contribution >= 4 is 34.7 Å². The van der Waals surface area contributed by atoms with Gasteiger partial charge in [0.05, 0.1) is 17.6 Å². The zero-order valence-electron chi connectivity index (χ0n) is 17.3. The second-order valence-electron chi connectivity index (χ2n) is 8.47. The van der Waals surface area contributed by atoms with Crippen molar-refractivity contribution in [3.63, 3.8) is 0 Å². The molecule has 1 heterocycles. The van der Waals surface area contributed by atoms with Crippen LogP contribution < -0.4 is 10.6 Å². The van der Waals surface area contributed by atoms with E-state index in [1.807, 2.05) is 10.6 Å². The lowest BCUT2D eigenvalue weighted by Gasteiger charge is -2.29. The molecule has 1 aromatic heterocycles. The van der Waals surface area contributed by atoms with Gasteiger partial charge in [0.1, 0.15) is 5.60 Å². The van der Waals surface area contributed by atoms with E-state index >= 15 is 0 Å². The van der Waals surface area contributed by atoms with Gasteiger partial charge in [-0.1, -0.05) is 6.07 Å². The van der Waals surface area contributed by atoms with Crippen LogP contribution in [0.3, 0.4) is 0 Å². The van der Waals surface area contributed by atoms with Crippen molar-refractivity contribution in [2.45, 2.75) is 71.1 Å². The smallest absolute Gasteiger partial charge is 0.407 e. The summed E-state index contributed by atoms with van der Waals surface area (Å²) in [7, 11) is 0. The Morgan fingerprint density at radius 1 is 1.38 bits per heavy atom. The molecule has 1 atom stereocenters. The number of amides is 2. The van der Waals surface area contributed by atoms with E-state index < -0.39 is 11.7 Å². The second-order valence-corrected chi connectivity index (χ2v) is 8.47. The van der Waals surface area contributed by atoms with E-state index in [0.717, 1.165) is 30.3 Å². The van der Waals surface area contributed by atoms with Gasteiger partial charge in [-0.25, -0.2) is 14.6 Å². The fraction of sp³-hybridized carbons (Fsp3) is 0.524. The molecule has 3 rings (SSSR count). The van der Waals surface area contributed by atoms with E-state index in [-0.39, 0.29) is 24.4 Å². The molecule has 154 valence electrons. The predicted molar refractivity (Wildman–Crippen MR) is 111 cm³/mol. The average molecular weight is 397 g/mol. The summed E-state index contributed by atoms with van der Waals surface area (Å²) in [4.78, 5) is 32.5. The van der Waals surface area contributed by atoms with Gasteiger partial charge in [0.25, 0.3) is 0 Å². The molecule has 1 saturated carbocycles.